The highest BCUT2D eigenvalue weighted by Crippen LogP contribution is 2.27. The van der Waals surface area contributed by atoms with Crippen LogP contribution in [0, 0.1) is 0 Å². The van der Waals surface area contributed by atoms with Crippen LogP contribution in [-0.4, -0.2) is 44.0 Å². The van der Waals surface area contributed by atoms with E-state index in [2.05, 4.69) is 33.0 Å². The number of carbonyl (C=O) groups excluding carboxylic acids is 1. The third-order valence-electron chi connectivity index (χ3n) is 4.63. The second-order valence-corrected chi connectivity index (χ2v) is 9.93. The van der Waals surface area contributed by atoms with Crippen LogP contribution < -0.4 is 10.2 Å². The molecule has 0 saturated carbocycles. The second-order valence-electron chi connectivity index (χ2n) is 6.75. The lowest BCUT2D eigenvalue weighted by Gasteiger charge is -2.22. The van der Waals surface area contributed by atoms with E-state index in [1.807, 2.05) is 0 Å². The van der Waals surface area contributed by atoms with Gasteiger partial charge >= 0.3 is 0 Å². The van der Waals surface area contributed by atoms with Crippen LogP contribution in [0.3, 0.4) is 0 Å². The Balaban J connectivity index is 1.66. The molecular formula is C21H21BrClN3O4S. The standard InChI is InChI=1S/C21H21BrClN3O4S/c1-2-12-30-20-10-5-15(13-18(20)22)14-24-25-21(27)19-4-3-11-26(19)31(28,29)17-8-6-16(23)7-9-17/h2,5-10,13-14,19H,1,3-4,11-12H2,(H,25,27)/b24-14-/t19-/m1/s1. The summed E-state index contributed by atoms with van der Waals surface area (Å²) in [5.74, 6) is 0.186. The molecule has 1 heterocycles. The summed E-state index contributed by atoms with van der Waals surface area (Å²) in [4.78, 5) is 12.7. The maximum absolute atomic E-state index is 12.9. The van der Waals surface area contributed by atoms with Gasteiger partial charge in [0.15, 0.2) is 0 Å². The Morgan fingerprint density at radius 1 is 1.32 bits per heavy atom. The highest BCUT2D eigenvalue weighted by atomic mass is 79.9. The van der Waals surface area contributed by atoms with Crippen LogP contribution in [0.5, 0.6) is 5.75 Å². The first-order valence-electron chi connectivity index (χ1n) is 9.46. The minimum Gasteiger partial charge on any atom is -0.488 e. The van der Waals surface area contributed by atoms with Crippen molar-refractivity contribution in [3.05, 3.63) is 70.2 Å². The lowest BCUT2D eigenvalue weighted by atomic mass is 10.2. The Morgan fingerprint density at radius 3 is 2.74 bits per heavy atom. The maximum Gasteiger partial charge on any atom is 0.258 e. The van der Waals surface area contributed by atoms with Crippen molar-refractivity contribution in [3.8, 4) is 5.75 Å². The van der Waals surface area contributed by atoms with Gasteiger partial charge in [-0.05, 0) is 76.8 Å². The van der Waals surface area contributed by atoms with Gasteiger partial charge in [0.05, 0.1) is 15.6 Å². The minimum absolute atomic E-state index is 0.101. The summed E-state index contributed by atoms with van der Waals surface area (Å²) in [5.41, 5.74) is 3.18. The Bertz CT molecular complexity index is 1090. The van der Waals surface area contributed by atoms with Crippen LogP contribution in [0.4, 0.5) is 0 Å². The molecule has 3 rings (SSSR count). The van der Waals surface area contributed by atoms with Gasteiger partial charge in [0, 0.05) is 11.6 Å². The van der Waals surface area contributed by atoms with Crippen molar-refractivity contribution in [1.29, 1.82) is 0 Å². The van der Waals surface area contributed by atoms with Gasteiger partial charge in [0.2, 0.25) is 10.0 Å². The van der Waals surface area contributed by atoms with E-state index in [0.29, 0.717) is 30.2 Å². The summed E-state index contributed by atoms with van der Waals surface area (Å²) in [5, 5.41) is 4.42. The molecule has 1 aliphatic heterocycles. The number of carbonyl (C=O) groups is 1. The van der Waals surface area contributed by atoms with Crippen molar-refractivity contribution in [2.75, 3.05) is 13.2 Å². The third-order valence-corrected chi connectivity index (χ3v) is 7.42. The quantitative estimate of drug-likeness (QED) is 0.320. The zero-order chi connectivity index (χ0) is 22.4. The SMILES string of the molecule is C=CCOc1ccc(/C=N\NC(=O)[C@H]2CCCN2S(=O)(=O)c2ccc(Cl)cc2)cc1Br. The number of nitrogens with zero attached hydrogens (tertiary/aromatic N) is 2. The summed E-state index contributed by atoms with van der Waals surface area (Å²) >= 11 is 9.27. The number of sulfonamides is 1. The summed E-state index contributed by atoms with van der Waals surface area (Å²) < 4.78 is 33.3. The summed E-state index contributed by atoms with van der Waals surface area (Å²) in [6, 6.07) is 10.4. The molecule has 10 heteroatoms. The van der Waals surface area contributed by atoms with Gasteiger partial charge in [-0.2, -0.15) is 9.41 Å². The average Bonchev–Trinajstić information content (AvgIpc) is 3.24. The number of hydrogen-bond donors (Lipinski definition) is 1. The van der Waals surface area contributed by atoms with Crippen LogP contribution in [0.2, 0.25) is 5.02 Å². The van der Waals surface area contributed by atoms with Crippen molar-refractivity contribution in [2.45, 2.75) is 23.8 Å². The van der Waals surface area contributed by atoms with Gasteiger partial charge < -0.3 is 4.74 Å². The number of amides is 1. The summed E-state index contributed by atoms with van der Waals surface area (Å²) in [7, 11) is -3.81. The predicted molar refractivity (Wildman–Crippen MR) is 124 cm³/mol. The first kappa shape index (κ1) is 23.5. The molecule has 0 unspecified atom stereocenters. The lowest BCUT2D eigenvalue weighted by molar-refractivity contribution is -0.124. The largest absolute Gasteiger partial charge is 0.488 e. The Morgan fingerprint density at radius 2 is 2.06 bits per heavy atom. The summed E-state index contributed by atoms with van der Waals surface area (Å²) in [6.45, 7) is 4.26. The Kier molecular flexibility index (Phi) is 7.88. The highest BCUT2D eigenvalue weighted by Gasteiger charge is 2.39. The van der Waals surface area contributed by atoms with E-state index in [1.54, 1.807) is 24.3 Å². The molecule has 1 aliphatic rings. The zero-order valence-electron chi connectivity index (χ0n) is 16.5. The second kappa shape index (κ2) is 10.4. The molecule has 164 valence electrons. The molecule has 7 nitrogen and oxygen atoms in total. The van der Waals surface area contributed by atoms with Gasteiger partial charge in [-0.25, -0.2) is 13.8 Å². The molecule has 1 fully saturated rings. The van der Waals surface area contributed by atoms with Crippen LogP contribution in [0.15, 0.2) is 69.6 Å². The van der Waals surface area contributed by atoms with E-state index in [0.717, 1.165) is 10.0 Å². The fraction of sp³-hybridized carbons (Fsp3) is 0.238. The van der Waals surface area contributed by atoms with Crippen molar-refractivity contribution < 1.29 is 17.9 Å². The van der Waals surface area contributed by atoms with Gasteiger partial charge in [-0.15, -0.1) is 0 Å². The normalized spacial score (nSPS) is 17.0. The molecule has 0 radical (unpaired) electrons. The van der Waals surface area contributed by atoms with E-state index < -0.39 is 22.0 Å². The fourth-order valence-electron chi connectivity index (χ4n) is 3.14. The molecule has 1 atom stereocenters. The topological polar surface area (TPSA) is 88.1 Å². The molecule has 1 amide bonds. The van der Waals surface area contributed by atoms with E-state index in [-0.39, 0.29) is 11.4 Å². The van der Waals surface area contributed by atoms with Gasteiger partial charge in [-0.3, -0.25) is 4.79 Å². The molecule has 2 aromatic rings. The summed E-state index contributed by atoms with van der Waals surface area (Å²) in [6.07, 6.45) is 4.15. The number of benzene rings is 2. The van der Waals surface area contributed by atoms with E-state index in [1.165, 1.54) is 34.8 Å². The first-order chi connectivity index (χ1) is 14.8. The van der Waals surface area contributed by atoms with Crippen molar-refractivity contribution in [1.82, 2.24) is 9.73 Å². The molecular weight excluding hydrogens is 506 g/mol. The average molecular weight is 527 g/mol. The Hall–Kier alpha value is -2.20. The molecule has 0 aromatic heterocycles. The van der Waals surface area contributed by atoms with Crippen LogP contribution in [-0.2, 0) is 14.8 Å². The van der Waals surface area contributed by atoms with Crippen LogP contribution >= 0.6 is 27.5 Å². The lowest BCUT2D eigenvalue weighted by Crippen LogP contribution is -2.44. The van der Waals surface area contributed by atoms with Crippen LogP contribution in [0.1, 0.15) is 18.4 Å². The van der Waals surface area contributed by atoms with Crippen molar-refractivity contribution in [3.63, 3.8) is 0 Å². The molecule has 0 spiro atoms. The maximum atomic E-state index is 12.9. The van der Waals surface area contributed by atoms with Crippen molar-refractivity contribution in [2.24, 2.45) is 5.10 Å². The fourth-order valence-corrected chi connectivity index (χ4v) is 5.43. The van der Waals surface area contributed by atoms with Gasteiger partial charge in [0.25, 0.3) is 5.91 Å². The van der Waals surface area contributed by atoms with E-state index in [9.17, 15) is 13.2 Å². The molecule has 31 heavy (non-hydrogen) atoms. The number of hydrogen-bond acceptors (Lipinski definition) is 5. The first-order valence-corrected chi connectivity index (χ1v) is 12.1. The van der Waals surface area contributed by atoms with Gasteiger partial charge in [0.1, 0.15) is 18.4 Å². The molecule has 2 aromatic carbocycles. The molecule has 1 saturated heterocycles. The van der Waals surface area contributed by atoms with Crippen LogP contribution in [0.25, 0.3) is 0 Å². The number of hydrazone groups is 1. The Labute approximate surface area is 194 Å². The number of nitrogens with one attached hydrogen (secondary N) is 1. The monoisotopic (exact) mass is 525 g/mol. The number of ether oxygens (including phenoxy) is 1. The van der Waals surface area contributed by atoms with Crippen molar-refractivity contribution >= 4 is 49.7 Å². The number of halogens is 2. The van der Waals surface area contributed by atoms with Gasteiger partial charge in [-0.1, -0.05) is 24.3 Å². The molecule has 1 N–H and O–H groups in total. The zero-order valence-corrected chi connectivity index (χ0v) is 19.7. The van der Waals surface area contributed by atoms with E-state index in [4.69, 9.17) is 16.3 Å². The highest BCUT2D eigenvalue weighted by molar-refractivity contribution is 9.10. The smallest absolute Gasteiger partial charge is 0.258 e. The minimum atomic E-state index is -3.81. The van der Waals surface area contributed by atoms with E-state index >= 15 is 0 Å². The predicted octanol–water partition coefficient (Wildman–Crippen LogP) is 3.97. The third kappa shape index (κ3) is 5.74. The molecule has 0 aliphatic carbocycles. The number of rotatable bonds is 8. The molecule has 0 bridgehead atoms.